The zero-order valence-corrected chi connectivity index (χ0v) is 12.1. The predicted molar refractivity (Wildman–Crippen MR) is 82.3 cm³/mol. The van der Waals surface area contributed by atoms with Crippen molar-refractivity contribution in [2.24, 2.45) is 0 Å². The first-order chi connectivity index (χ1) is 9.63. The van der Waals surface area contributed by atoms with Crippen LogP contribution in [0.1, 0.15) is 22.8 Å². The Kier molecular flexibility index (Phi) is 4.35. The van der Waals surface area contributed by atoms with Gasteiger partial charge in [0.15, 0.2) is 0 Å². The molecule has 0 aliphatic carbocycles. The van der Waals surface area contributed by atoms with E-state index in [1.807, 2.05) is 44.2 Å². The Bertz CT molecular complexity index is 596. The molecule has 1 heterocycles. The van der Waals surface area contributed by atoms with Gasteiger partial charge in [-0.25, -0.2) is 0 Å². The summed E-state index contributed by atoms with van der Waals surface area (Å²) in [6.07, 6.45) is 3.37. The van der Waals surface area contributed by atoms with Gasteiger partial charge in [-0.1, -0.05) is 11.6 Å². The Morgan fingerprint density at radius 1 is 1.35 bits per heavy atom. The van der Waals surface area contributed by atoms with Crippen LogP contribution in [0.2, 0.25) is 0 Å². The molecule has 0 radical (unpaired) electrons. The molecule has 1 amide bonds. The predicted octanol–water partition coefficient (Wildman–Crippen LogP) is 3.10. The third-order valence-corrected chi connectivity index (χ3v) is 3.11. The number of benzene rings is 1. The minimum Gasteiger partial charge on any atom is -0.385 e. The summed E-state index contributed by atoms with van der Waals surface area (Å²) in [5.41, 5.74) is 3.38. The number of amides is 1. The summed E-state index contributed by atoms with van der Waals surface area (Å²) in [7, 11) is 1.76. The van der Waals surface area contributed by atoms with Gasteiger partial charge in [-0.15, -0.1) is 0 Å². The van der Waals surface area contributed by atoms with E-state index in [2.05, 4.69) is 10.3 Å². The number of hydrogen-bond acceptors (Lipinski definition) is 3. The number of nitrogens with zero attached hydrogens (tertiary/aromatic N) is 2. The van der Waals surface area contributed by atoms with Gasteiger partial charge in [-0.2, -0.15) is 0 Å². The van der Waals surface area contributed by atoms with Crippen LogP contribution < -0.4 is 10.2 Å². The zero-order chi connectivity index (χ0) is 14.5. The van der Waals surface area contributed by atoms with Gasteiger partial charge in [-0.3, -0.25) is 9.78 Å². The smallest absolute Gasteiger partial charge is 0.260 e. The van der Waals surface area contributed by atoms with Gasteiger partial charge in [-0.05, 0) is 38.1 Å². The Balaban J connectivity index is 2.35. The van der Waals surface area contributed by atoms with Crippen LogP contribution in [0.15, 0.2) is 42.7 Å². The maximum atomic E-state index is 12.7. The summed E-state index contributed by atoms with van der Waals surface area (Å²) in [6, 6.07) is 9.55. The molecule has 0 unspecified atom stereocenters. The molecule has 0 atom stereocenters. The first-order valence-corrected chi connectivity index (χ1v) is 6.66. The van der Waals surface area contributed by atoms with Crippen molar-refractivity contribution in [2.75, 3.05) is 23.8 Å². The van der Waals surface area contributed by atoms with Gasteiger partial charge in [0.1, 0.15) is 0 Å². The fraction of sp³-hybridized carbons (Fsp3) is 0.250. The molecule has 4 nitrogen and oxygen atoms in total. The minimum atomic E-state index is -0.0438. The van der Waals surface area contributed by atoms with Crippen LogP contribution in [0.25, 0.3) is 0 Å². The van der Waals surface area contributed by atoms with Crippen LogP contribution in [0.4, 0.5) is 11.4 Å². The van der Waals surface area contributed by atoms with E-state index < -0.39 is 0 Å². The highest BCUT2D eigenvalue weighted by molar-refractivity contribution is 6.09. The average molecular weight is 269 g/mol. The Labute approximate surface area is 119 Å². The molecule has 1 aromatic heterocycles. The standard InChI is InChI=1S/C16H19N3O/c1-4-18-15-8-7-12(2)10-14(15)16(20)19(3)13-6-5-9-17-11-13/h5-11,18H,4H2,1-3H3. The summed E-state index contributed by atoms with van der Waals surface area (Å²) in [5, 5.41) is 3.23. The second-order valence-corrected chi connectivity index (χ2v) is 4.65. The first-order valence-electron chi connectivity index (χ1n) is 6.66. The molecule has 0 aliphatic rings. The van der Waals surface area contributed by atoms with Gasteiger partial charge >= 0.3 is 0 Å². The Hall–Kier alpha value is -2.36. The molecular weight excluding hydrogens is 250 g/mol. The van der Waals surface area contributed by atoms with Gasteiger partial charge in [0.25, 0.3) is 5.91 Å². The van der Waals surface area contributed by atoms with E-state index in [1.54, 1.807) is 24.3 Å². The van der Waals surface area contributed by atoms with Crippen LogP contribution in [0.3, 0.4) is 0 Å². The summed E-state index contributed by atoms with van der Waals surface area (Å²) < 4.78 is 0. The van der Waals surface area contributed by atoms with Crippen LogP contribution in [0.5, 0.6) is 0 Å². The molecule has 1 aromatic carbocycles. The number of nitrogens with one attached hydrogen (secondary N) is 1. The molecule has 20 heavy (non-hydrogen) atoms. The number of hydrogen-bond donors (Lipinski definition) is 1. The van der Waals surface area contributed by atoms with Crippen molar-refractivity contribution in [3.63, 3.8) is 0 Å². The van der Waals surface area contributed by atoms with E-state index in [0.29, 0.717) is 5.56 Å². The van der Waals surface area contributed by atoms with Crippen molar-refractivity contribution in [2.45, 2.75) is 13.8 Å². The molecule has 104 valence electrons. The molecule has 0 aliphatic heterocycles. The van der Waals surface area contributed by atoms with E-state index in [0.717, 1.165) is 23.5 Å². The third-order valence-electron chi connectivity index (χ3n) is 3.11. The number of aromatic nitrogens is 1. The number of aryl methyl sites for hydroxylation is 1. The highest BCUT2D eigenvalue weighted by Crippen LogP contribution is 2.21. The number of rotatable bonds is 4. The maximum Gasteiger partial charge on any atom is 0.260 e. The number of anilines is 2. The van der Waals surface area contributed by atoms with E-state index in [1.165, 1.54) is 0 Å². The highest BCUT2D eigenvalue weighted by Gasteiger charge is 2.17. The number of carbonyl (C=O) groups excluding carboxylic acids is 1. The average Bonchev–Trinajstić information content (AvgIpc) is 2.48. The quantitative estimate of drug-likeness (QED) is 0.927. The molecule has 0 bridgehead atoms. The molecule has 0 fully saturated rings. The summed E-state index contributed by atoms with van der Waals surface area (Å²) in [5.74, 6) is -0.0438. The van der Waals surface area contributed by atoms with Crippen LogP contribution in [0, 0.1) is 6.92 Å². The van der Waals surface area contributed by atoms with Crippen molar-refractivity contribution >= 4 is 17.3 Å². The van der Waals surface area contributed by atoms with Gasteiger partial charge in [0.05, 0.1) is 17.4 Å². The van der Waals surface area contributed by atoms with E-state index in [-0.39, 0.29) is 5.91 Å². The van der Waals surface area contributed by atoms with Gasteiger partial charge < -0.3 is 10.2 Å². The fourth-order valence-corrected chi connectivity index (χ4v) is 2.03. The largest absolute Gasteiger partial charge is 0.385 e. The lowest BCUT2D eigenvalue weighted by molar-refractivity contribution is 0.0993. The minimum absolute atomic E-state index is 0.0438. The van der Waals surface area contributed by atoms with Crippen molar-refractivity contribution in [1.29, 1.82) is 0 Å². The fourth-order valence-electron chi connectivity index (χ4n) is 2.03. The molecule has 0 saturated carbocycles. The van der Waals surface area contributed by atoms with Crippen molar-refractivity contribution in [3.05, 3.63) is 53.9 Å². The van der Waals surface area contributed by atoms with E-state index in [9.17, 15) is 4.79 Å². The van der Waals surface area contributed by atoms with Crippen LogP contribution >= 0.6 is 0 Å². The van der Waals surface area contributed by atoms with Gasteiger partial charge in [0.2, 0.25) is 0 Å². The monoisotopic (exact) mass is 269 g/mol. The zero-order valence-electron chi connectivity index (χ0n) is 12.1. The molecule has 1 N–H and O–H groups in total. The topological polar surface area (TPSA) is 45.2 Å². The molecule has 0 saturated heterocycles. The summed E-state index contributed by atoms with van der Waals surface area (Å²) >= 11 is 0. The SMILES string of the molecule is CCNc1ccc(C)cc1C(=O)N(C)c1cccnc1. The Morgan fingerprint density at radius 3 is 2.80 bits per heavy atom. The lowest BCUT2D eigenvalue weighted by atomic mass is 10.1. The molecule has 0 spiro atoms. The van der Waals surface area contributed by atoms with Crippen molar-refractivity contribution < 1.29 is 4.79 Å². The maximum absolute atomic E-state index is 12.7. The second-order valence-electron chi connectivity index (χ2n) is 4.65. The molecule has 2 aromatic rings. The summed E-state index contributed by atoms with van der Waals surface area (Å²) in [6.45, 7) is 4.77. The highest BCUT2D eigenvalue weighted by atomic mass is 16.2. The number of carbonyl (C=O) groups is 1. The normalized spacial score (nSPS) is 10.2. The molecule has 4 heteroatoms. The second kappa shape index (κ2) is 6.19. The number of pyridine rings is 1. The lowest BCUT2D eigenvalue weighted by Gasteiger charge is -2.19. The summed E-state index contributed by atoms with van der Waals surface area (Å²) in [4.78, 5) is 18.3. The van der Waals surface area contributed by atoms with Crippen LogP contribution in [-0.2, 0) is 0 Å². The Morgan fingerprint density at radius 2 is 2.15 bits per heavy atom. The van der Waals surface area contributed by atoms with Crippen LogP contribution in [-0.4, -0.2) is 24.5 Å². The first kappa shape index (κ1) is 14.1. The van der Waals surface area contributed by atoms with Crippen molar-refractivity contribution in [1.82, 2.24) is 4.98 Å². The molecular formula is C16H19N3O. The third kappa shape index (κ3) is 2.96. The van der Waals surface area contributed by atoms with Crippen molar-refractivity contribution in [3.8, 4) is 0 Å². The van der Waals surface area contributed by atoms with E-state index in [4.69, 9.17) is 0 Å². The van der Waals surface area contributed by atoms with Gasteiger partial charge in [0, 0.05) is 25.5 Å². The van der Waals surface area contributed by atoms with E-state index >= 15 is 0 Å². The lowest BCUT2D eigenvalue weighted by Crippen LogP contribution is -2.27. The molecule has 2 rings (SSSR count).